The Morgan fingerprint density at radius 1 is 1.14 bits per heavy atom. The van der Waals surface area contributed by atoms with Crippen LogP contribution in [0.3, 0.4) is 0 Å². The summed E-state index contributed by atoms with van der Waals surface area (Å²) in [5.74, 6) is 0.580. The highest BCUT2D eigenvalue weighted by Crippen LogP contribution is 2.16. The molecule has 110 valence electrons. The second-order valence-corrected chi connectivity index (χ2v) is 4.45. The molecule has 2 aromatic rings. The number of aliphatic hydroxyl groups excluding tert-OH is 1. The first-order valence-electron chi connectivity index (χ1n) is 6.59. The smallest absolute Gasteiger partial charge is 0.243 e. The quantitative estimate of drug-likeness (QED) is 0.761. The molecule has 1 amide bonds. The summed E-state index contributed by atoms with van der Waals surface area (Å²) in [6, 6.07) is 14.4. The molecule has 0 bridgehead atoms. The standard InChI is InChI=1S/C16H18N2O3/c1-21-14-8-6-13(7-9-14)18-16(20)10-17-15-5-3-2-4-12(15)11-19/h2-9,17,19H,10-11H2,1H3,(H,18,20). The van der Waals surface area contributed by atoms with Gasteiger partial charge in [-0.3, -0.25) is 4.79 Å². The molecule has 5 nitrogen and oxygen atoms in total. The lowest BCUT2D eigenvalue weighted by atomic mass is 10.2. The van der Waals surface area contributed by atoms with E-state index < -0.39 is 0 Å². The van der Waals surface area contributed by atoms with E-state index in [2.05, 4.69) is 10.6 Å². The van der Waals surface area contributed by atoms with E-state index in [1.807, 2.05) is 24.3 Å². The first-order chi connectivity index (χ1) is 10.2. The molecular weight excluding hydrogens is 268 g/mol. The lowest BCUT2D eigenvalue weighted by Crippen LogP contribution is -2.22. The first kappa shape index (κ1) is 14.9. The molecule has 2 aromatic carbocycles. The largest absolute Gasteiger partial charge is 0.497 e. The minimum absolute atomic E-state index is 0.0662. The monoisotopic (exact) mass is 286 g/mol. The molecule has 0 unspecified atom stereocenters. The second kappa shape index (κ2) is 7.31. The van der Waals surface area contributed by atoms with Crippen molar-refractivity contribution in [2.75, 3.05) is 24.3 Å². The van der Waals surface area contributed by atoms with Gasteiger partial charge < -0.3 is 20.5 Å². The van der Waals surface area contributed by atoms with Gasteiger partial charge in [0.25, 0.3) is 0 Å². The van der Waals surface area contributed by atoms with Crippen molar-refractivity contribution in [3.8, 4) is 5.75 Å². The van der Waals surface area contributed by atoms with Crippen LogP contribution in [0.15, 0.2) is 48.5 Å². The highest BCUT2D eigenvalue weighted by atomic mass is 16.5. The molecule has 0 aliphatic rings. The number of methoxy groups -OCH3 is 1. The fourth-order valence-electron chi connectivity index (χ4n) is 1.89. The zero-order chi connectivity index (χ0) is 15.1. The number of aliphatic hydroxyl groups is 1. The van der Waals surface area contributed by atoms with E-state index in [4.69, 9.17) is 4.74 Å². The van der Waals surface area contributed by atoms with E-state index in [9.17, 15) is 9.90 Å². The number of nitrogens with one attached hydrogen (secondary N) is 2. The third kappa shape index (κ3) is 4.22. The second-order valence-electron chi connectivity index (χ2n) is 4.45. The van der Waals surface area contributed by atoms with Crippen LogP contribution in [-0.4, -0.2) is 24.7 Å². The van der Waals surface area contributed by atoms with Crippen molar-refractivity contribution >= 4 is 17.3 Å². The Kier molecular flexibility index (Phi) is 5.17. The van der Waals surface area contributed by atoms with Crippen LogP contribution in [0.1, 0.15) is 5.56 Å². The van der Waals surface area contributed by atoms with Crippen LogP contribution in [0.4, 0.5) is 11.4 Å². The summed E-state index contributed by atoms with van der Waals surface area (Å²) in [7, 11) is 1.59. The van der Waals surface area contributed by atoms with Crippen LogP contribution in [0.25, 0.3) is 0 Å². The van der Waals surface area contributed by atoms with Crippen molar-refractivity contribution in [2.45, 2.75) is 6.61 Å². The van der Waals surface area contributed by atoms with E-state index in [-0.39, 0.29) is 19.1 Å². The van der Waals surface area contributed by atoms with Gasteiger partial charge in [0.15, 0.2) is 0 Å². The molecule has 0 saturated heterocycles. The Labute approximate surface area is 123 Å². The summed E-state index contributed by atoms with van der Waals surface area (Å²) in [6.07, 6.45) is 0. The maximum absolute atomic E-state index is 11.9. The van der Waals surface area contributed by atoms with Gasteiger partial charge in [0, 0.05) is 16.9 Å². The van der Waals surface area contributed by atoms with Gasteiger partial charge in [-0.2, -0.15) is 0 Å². The predicted octanol–water partition coefficient (Wildman–Crippen LogP) is 2.24. The number of carbonyl (C=O) groups is 1. The van der Waals surface area contributed by atoms with Gasteiger partial charge in [-0.05, 0) is 30.3 Å². The van der Waals surface area contributed by atoms with Crippen LogP contribution in [0.2, 0.25) is 0 Å². The molecule has 3 N–H and O–H groups in total. The molecule has 0 aliphatic carbocycles. The normalized spacial score (nSPS) is 10.0. The van der Waals surface area contributed by atoms with Gasteiger partial charge in [-0.1, -0.05) is 18.2 Å². The van der Waals surface area contributed by atoms with E-state index in [1.165, 1.54) is 0 Å². The summed E-state index contributed by atoms with van der Waals surface area (Å²) in [5, 5.41) is 15.0. The average Bonchev–Trinajstić information content (AvgIpc) is 2.54. The lowest BCUT2D eigenvalue weighted by Gasteiger charge is -2.11. The van der Waals surface area contributed by atoms with Crippen LogP contribution in [-0.2, 0) is 11.4 Å². The van der Waals surface area contributed by atoms with Crippen molar-refractivity contribution < 1.29 is 14.6 Å². The number of ether oxygens (including phenoxy) is 1. The number of amides is 1. The number of benzene rings is 2. The Morgan fingerprint density at radius 2 is 1.86 bits per heavy atom. The fourth-order valence-corrected chi connectivity index (χ4v) is 1.89. The van der Waals surface area contributed by atoms with Gasteiger partial charge in [0.2, 0.25) is 5.91 Å². The van der Waals surface area contributed by atoms with E-state index >= 15 is 0 Å². The van der Waals surface area contributed by atoms with Gasteiger partial charge >= 0.3 is 0 Å². The molecule has 5 heteroatoms. The highest BCUT2D eigenvalue weighted by molar-refractivity contribution is 5.93. The number of hydrogen-bond acceptors (Lipinski definition) is 4. The number of anilines is 2. The first-order valence-corrected chi connectivity index (χ1v) is 6.59. The molecular formula is C16H18N2O3. The molecule has 0 saturated carbocycles. The highest BCUT2D eigenvalue weighted by Gasteiger charge is 2.05. The van der Waals surface area contributed by atoms with Crippen molar-refractivity contribution in [3.05, 3.63) is 54.1 Å². The van der Waals surface area contributed by atoms with Crippen molar-refractivity contribution in [2.24, 2.45) is 0 Å². The van der Waals surface area contributed by atoms with Gasteiger partial charge in [0.05, 0.1) is 20.3 Å². The third-order valence-electron chi connectivity index (χ3n) is 3.00. The van der Waals surface area contributed by atoms with Gasteiger partial charge in [-0.15, -0.1) is 0 Å². The molecule has 0 heterocycles. The minimum Gasteiger partial charge on any atom is -0.497 e. The van der Waals surface area contributed by atoms with E-state index in [0.29, 0.717) is 5.69 Å². The van der Waals surface area contributed by atoms with Gasteiger partial charge in [-0.25, -0.2) is 0 Å². The average molecular weight is 286 g/mol. The fraction of sp³-hybridized carbons (Fsp3) is 0.188. The van der Waals surface area contributed by atoms with Crippen molar-refractivity contribution in [3.63, 3.8) is 0 Å². The van der Waals surface area contributed by atoms with E-state index in [1.54, 1.807) is 31.4 Å². The maximum atomic E-state index is 11.9. The molecule has 2 rings (SSSR count). The number of hydrogen-bond donors (Lipinski definition) is 3. The van der Waals surface area contributed by atoms with Crippen LogP contribution in [0.5, 0.6) is 5.75 Å². The van der Waals surface area contributed by atoms with Crippen molar-refractivity contribution in [1.82, 2.24) is 0 Å². The van der Waals surface area contributed by atoms with Crippen molar-refractivity contribution in [1.29, 1.82) is 0 Å². The summed E-state index contributed by atoms with van der Waals surface area (Å²) >= 11 is 0. The Morgan fingerprint density at radius 3 is 2.52 bits per heavy atom. The minimum atomic E-state index is -0.159. The third-order valence-corrected chi connectivity index (χ3v) is 3.00. The molecule has 0 fully saturated rings. The number of para-hydroxylation sites is 1. The van der Waals surface area contributed by atoms with Crippen LogP contribution < -0.4 is 15.4 Å². The lowest BCUT2D eigenvalue weighted by molar-refractivity contribution is -0.114. The zero-order valence-electron chi connectivity index (χ0n) is 11.8. The molecule has 0 atom stereocenters. The Balaban J connectivity index is 1.89. The summed E-state index contributed by atoms with van der Waals surface area (Å²) < 4.78 is 5.06. The summed E-state index contributed by atoms with van der Waals surface area (Å²) in [5.41, 5.74) is 2.22. The molecule has 0 aliphatic heterocycles. The van der Waals surface area contributed by atoms with E-state index in [0.717, 1.165) is 17.0 Å². The zero-order valence-corrected chi connectivity index (χ0v) is 11.8. The Bertz CT molecular complexity index is 597. The summed E-state index contributed by atoms with van der Waals surface area (Å²) in [6.45, 7) is 0.0618. The topological polar surface area (TPSA) is 70.6 Å². The van der Waals surface area contributed by atoms with Crippen LogP contribution in [0, 0.1) is 0 Å². The Hall–Kier alpha value is -2.53. The number of rotatable bonds is 6. The molecule has 0 spiro atoms. The molecule has 21 heavy (non-hydrogen) atoms. The maximum Gasteiger partial charge on any atom is 0.243 e. The SMILES string of the molecule is COc1ccc(NC(=O)CNc2ccccc2CO)cc1. The summed E-state index contributed by atoms with van der Waals surface area (Å²) in [4.78, 5) is 11.9. The molecule has 0 aromatic heterocycles. The predicted molar refractivity (Wildman–Crippen MR) is 82.5 cm³/mol. The molecule has 0 radical (unpaired) electrons. The van der Waals surface area contributed by atoms with Gasteiger partial charge in [0.1, 0.15) is 5.75 Å². The number of carbonyl (C=O) groups excluding carboxylic acids is 1. The van der Waals surface area contributed by atoms with Crippen LogP contribution >= 0.6 is 0 Å².